The lowest BCUT2D eigenvalue weighted by Crippen LogP contribution is -1.99. The number of ether oxygens (including phenoxy) is 2. The summed E-state index contributed by atoms with van der Waals surface area (Å²) in [5.41, 5.74) is 3.20. The van der Waals surface area contributed by atoms with Gasteiger partial charge in [-0.1, -0.05) is 12.1 Å². The Morgan fingerprint density at radius 3 is 2.38 bits per heavy atom. The number of nitrogens with zero attached hydrogens (tertiary/aromatic N) is 2. The number of methoxy groups -OCH3 is 2. The lowest BCUT2D eigenvalue weighted by Gasteiger charge is -2.12. The van der Waals surface area contributed by atoms with Gasteiger partial charge in [0.1, 0.15) is 17.3 Å². The van der Waals surface area contributed by atoms with Crippen LogP contribution in [-0.2, 0) is 0 Å². The van der Waals surface area contributed by atoms with E-state index >= 15 is 0 Å². The summed E-state index contributed by atoms with van der Waals surface area (Å²) in [7, 11) is 3.09. The Morgan fingerprint density at radius 1 is 1.00 bits per heavy atom. The number of carboxylic acid groups (broad SMARTS) is 1. The quantitative estimate of drug-likeness (QED) is 0.334. The van der Waals surface area contributed by atoms with Crippen LogP contribution in [0.4, 0.5) is 0 Å². The van der Waals surface area contributed by atoms with Crippen LogP contribution in [0.15, 0.2) is 60.8 Å². The number of carboxylic acids is 1. The highest BCUT2D eigenvalue weighted by atomic mass is 16.5. The molecule has 2 aromatic heterocycles. The Bertz CT molecular complexity index is 1310. The van der Waals surface area contributed by atoms with Gasteiger partial charge in [-0.25, -0.2) is 14.8 Å². The zero-order chi connectivity index (χ0) is 22.7. The number of aromatic amines is 1. The largest absolute Gasteiger partial charge is 0.496 e. The minimum Gasteiger partial charge on any atom is -0.496 e. The average Bonchev–Trinajstić information content (AvgIpc) is 3.26. The normalized spacial score (nSPS) is 11.1. The second-order valence-electron chi connectivity index (χ2n) is 6.83. The van der Waals surface area contributed by atoms with Crippen LogP contribution in [0.1, 0.15) is 26.3 Å². The van der Waals surface area contributed by atoms with Crippen LogP contribution < -0.4 is 9.47 Å². The van der Waals surface area contributed by atoms with E-state index in [2.05, 4.69) is 15.0 Å². The molecule has 0 unspecified atom stereocenters. The van der Waals surface area contributed by atoms with E-state index in [0.29, 0.717) is 39.7 Å². The predicted octanol–water partition coefficient (Wildman–Crippen LogP) is 4.24. The molecule has 4 rings (SSSR count). The van der Waals surface area contributed by atoms with Crippen LogP contribution in [0, 0.1) is 0 Å². The van der Waals surface area contributed by atoms with Gasteiger partial charge in [-0.3, -0.25) is 4.79 Å². The highest BCUT2D eigenvalue weighted by molar-refractivity contribution is 6.07. The fraction of sp³-hybridized carbons (Fsp3) is 0.0833. The third kappa shape index (κ3) is 4.06. The molecule has 0 spiro atoms. The number of nitrogens with one attached hydrogen (secondary N) is 1. The molecule has 0 amide bonds. The van der Waals surface area contributed by atoms with E-state index in [9.17, 15) is 9.59 Å². The van der Waals surface area contributed by atoms with Gasteiger partial charge < -0.3 is 19.6 Å². The Hall–Kier alpha value is -4.46. The van der Waals surface area contributed by atoms with Crippen LogP contribution in [0.2, 0.25) is 0 Å². The SMILES string of the molecule is COc1cc(OC)c(-c2nc3ncccc3[nH]2)cc1/C=C/C(=O)c1ccc(C(=O)O)cc1. The molecule has 0 saturated carbocycles. The number of carbonyl (C=O) groups is 2. The van der Waals surface area contributed by atoms with Gasteiger partial charge in [0.2, 0.25) is 0 Å². The minimum absolute atomic E-state index is 0.118. The maximum Gasteiger partial charge on any atom is 0.335 e. The molecule has 0 fully saturated rings. The van der Waals surface area contributed by atoms with E-state index in [4.69, 9.17) is 14.6 Å². The van der Waals surface area contributed by atoms with Crippen molar-refractivity contribution in [3.05, 3.63) is 77.5 Å². The average molecular weight is 429 g/mol. The monoisotopic (exact) mass is 429 g/mol. The van der Waals surface area contributed by atoms with E-state index in [1.807, 2.05) is 18.2 Å². The topological polar surface area (TPSA) is 114 Å². The fourth-order valence-electron chi connectivity index (χ4n) is 3.25. The molecule has 0 aliphatic rings. The molecule has 0 aliphatic heterocycles. The molecular formula is C24H19N3O5. The summed E-state index contributed by atoms with van der Waals surface area (Å²) in [5.74, 6) is 0.326. The van der Waals surface area contributed by atoms with Crippen LogP contribution in [0.3, 0.4) is 0 Å². The number of carbonyl (C=O) groups excluding carboxylic acids is 1. The van der Waals surface area contributed by atoms with Gasteiger partial charge in [-0.05, 0) is 42.5 Å². The van der Waals surface area contributed by atoms with Crippen LogP contribution in [0.25, 0.3) is 28.6 Å². The number of H-pyrrole nitrogens is 1. The van der Waals surface area contributed by atoms with Crippen molar-refractivity contribution in [2.45, 2.75) is 0 Å². The zero-order valence-corrected chi connectivity index (χ0v) is 17.3. The predicted molar refractivity (Wildman–Crippen MR) is 119 cm³/mol. The summed E-state index contributed by atoms with van der Waals surface area (Å²) in [4.78, 5) is 35.6. The van der Waals surface area contributed by atoms with Crippen molar-refractivity contribution < 1.29 is 24.2 Å². The third-order valence-electron chi connectivity index (χ3n) is 4.90. The molecule has 0 radical (unpaired) electrons. The Kier molecular flexibility index (Phi) is 5.67. The lowest BCUT2D eigenvalue weighted by molar-refractivity contribution is 0.0696. The summed E-state index contributed by atoms with van der Waals surface area (Å²) >= 11 is 0. The highest BCUT2D eigenvalue weighted by Gasteiger charge is 2.15. The number of ketones is 1. The number of rotatable bonds is 7. The second kappa shape index (κ2) is 8.73. The highest BCUT2D eigenvalue weighted by Crippen LogP contribution is 2.36. The molecule has 8 heteroatoms. The number of benzene rings is 2. The Labute approximate surface area is 183 Å². The summed E-state index contributed by atoms with van der Waals surface area (Å²) in [6.45, 7) is 0. The molecule has 2 aromatic carbocycles. The molecule has 32 heavy (non-hydrogen) atoms. The van der Waals surface area contributed by atoms with Crippen molar-refractivity contribution in [3.8, 4) is 22.9 Å². The fourth-order valence-corrected chi connectivity index (χ4v) is 3.25. The number of pyridine rings is 1. The van der Waals surface area contributed by atoms with Crippen molar-refractivity contribution in [1.29, 1.82) is 0 Å². The summed E-state index contributed by atoms with van der Waals surface area (Å²) in [5, 5.41) is 9.00. The molecule has 0 saturated heterocycles. The van der Waals surface area contributed by atoms with Crippen molar-refractivity contribution in [2.75, 3.05) is 14.2 Å². The number of aromatic nitrogens is 3. The first kappa shape index (κ1) is 20.8. The van der Waals surface area contributed by atoms with Gasteiger partial charge in [-0.15, -0.1) is 0 Å². The van der Waals surface area contributed by atoms with Crippen LogP contribution in [0.5, 0.6) is 11.5 Å². The minimum atomic E-state index is -1.05. The molecule has 4 aromatic rings. The first-order valence-electron chi connectivity index (χ1n) is 9.63. The number of aromatic carboxylic acids is 1. The Morgan fingerprint density at radius 2 is 1.72 bits per heavy atom. The summed E-state index contributed by atoms with van der Waals surface area (Å²) in [6, 6.07) is 13.0. The second-order valence-corrected chi connectivity index (χ2v) is 6.83. The molecule has 0 atom stereocenters. The molecule has 8 nitrogen and oxygen atoms in total. The molecule has 0 bridgehead atoms. The summed E-state index contributed by atoms with van der Waals surface area (Å²) in [6.07, 6.45) is 4.71. The van der Waals surface area contributed by atoms with E-state index in [-0.39, 0.29) is 11.3 Å². The van der Waals surface area contributed by atoms with Gasteiger partial charge in [-0.2, -0.15) is 0 Å². The molecule has 2 heterocycles. The van der Waals surface area contributed by atoms with Crippen molar-refractivity contribution in [3.63, 3.8) is 0 Å². The number of hydrogen-bond donors (Lipinski definition) is 2. The first-order chi connectivity index (χ1) is 15.5. The number of fused-ring (bicyclic) bond motifs is 1. The number of imidazole rings is 1. The standard InChI is InChI=1S/C24H19N3O5/c1-31-20-13-21(32-2)17(22-26-18-4-3-11-25-23(18)27-22)12-16(20)9-10-19(28)14-5-7-15(8-6-14)24(29)30/h3-13H,1-2H3,(H,29,30)(H,25,26,27)/b10-9+. The molecular weight excluding hydrogens is 410 g/mol. The van der Waals surface area contributed by atoms with Gasteiger partial charge in [0.25, 0.3) is 0 Å². The van der Waals surface area contributed by atoms with Crippen LogP contribution >= 0.6 is 0 Å². The van der Waals surface area contributed by atoms with Crippen molar-refractivity contribution in [1.82, 2.24) is 15.0 Å². The van der Waals surface area contributed by atoms with Gasteiger partial charge in [0, 0.05) is 23.4 Å². The maximum atomic E-state index is 12.6. The third-order valence-corrected chi connectivity index (χ3v) is 4.90. The van der Waals surface area contributed by atoms with Gasteiger partial charge >= 0.3 is 5.97 Å². The zero-order valence-electron chi connectivity index (χ0n) is 17.3. The maximum absolute atomic E-state index is 12.6. The summed E-state index contributed by atoms with van der Waals surface area (Å²) < 4.78 is 11.0. The van der Waals surface area contributed by atoms with Gasteiger partial charge in [0.05, 0.1) is 30.9 Å². The van der Waals surface area contributed by atoms with Crippen LogP contribution in [-0.4, -0.2) is 46.0 Å². The lowest BCUT2D eigenvalue weighted by atomic mass is 10.0. The van der Waals surface area contributed by atoms with Gasteiger partial charge in [0.15, 0.2) is 11.4 Å². The van der Waals surface area contributed by atoms with E-state index < -0.39 is 5.97 Å². The van der Waals surface area contributed by atoms with E-state index in [0.717, 1.165) is 5.52 Å². The molecule has 2 N–H and O–H groups in total. The van der Waals surface area contributed by atoms with E-state index in [1.54, 1.807) is 25.4 Å². The first-order valence-corrected chi connectivity index (χ1v) is 9.63. The molecule has 160 valence electrons. The smallest absolute Gasteiger partial charge is 0.335 e. The van der Waals surface area contributed by atoms with Crippen molar-refractivity contribution in [2.24, 2.45) is 0 Å². The Balaban J connectivity index is 1.70. The molecule has 0 aliphatic carbocycles. The number of hydrogen-bond acceptors (Lipinski definition) is 6. The van der Waals surface area contributed by atoms with E-state index in [1.165, 1.54) is 37.5 Å². The number of allylic oxidation sites excluding steroid dienone is 1. The van der Waals surface area contributed by atoms with Crippen molar-refractivity contribution >= 4 is 29.0 Å².